The SMILES string of the molecule is NC(=O)C[C@H](NC(=O)c1ncccc1N)C(=O)O. The Morgan fingerprint density at radius 3 is 2.61 bits per heavy atom. The molecule has 96 valence electrons. The van der Waals surface area contributed by atoms with Gasteiger partial charge in [-0.15, -0.1) is 0 Å². The second-order valence-corrected chi connectivity index (χ2v) is 3.48. The molecule has 0 spiro atoms. The molecule has 0 bridgehead atoms. The fourth-order valence-corrected chi connectivity index (χ4v) is 1.24. The number of hydrogen-bond acceptors (Lipinski definition) is 5. The van der Waals surface area contributed by atoms with Crippen molar-refractivity contribution in [2.45, 2.75) is 12.5 Å². The number of pyridine rings is 1. The lowest BCUT2D eigenvalue weighted by Crippen LogP contribution is -2.43. The lowest BCUT2D eigenvalue weighted by Gasteiger charge is -2.12. The first kappa shape index (κ1) is 13.4. The molecule has 2 amide bonds. The van der Waals surface area contributed by atoms with Crippen molar-refractivity contribution in [3.63, 3.8) is 0 Å². The number of nitrogen functional groups attached to an aromatic ring is 1. The van der Waals surface area contributed by atoms with Crippen LogP contribution in [-0.2, 0) is 9.59 Å². The van der Waals surface area contributed by atoms with E-state index < -0.39 is 30.2 Å². The number of nitrogens with two attached hydrogens (primary N) is 2. The summed E-state index contributed by atoms with van der Waals surface area (Å²) in [5, 5.41) is 10.9. The Bertz CT molecular complexity index is 489. The predicted molar refractivity (Wildman–Crippen MR) is 61.4 cm³/mol. The minimum Gasteiger partial charge on any atom is -0.480 e. The fraction of sp³-hybridized carbons (Fsp3) is 0.200. The highest BCUT2D eigenvalue weighted by Gasteiger charge is 2.23. The summed E-state index contributed by atoms with van der Waals surface area (Å²) < 4.78 is 0. The van der Waals surface area contributed by atoms with Crippen LogP contribution >= 0.6 is 0 Å². The smallest absolute Gasteiger partial charge is 0.326 e. The third-order valence-corrected chi connectivity index (χ3v) is 2.06. The number of aliphatic carboxylic acids is 1. The van der Waals surface area contributed by atoms with E-state index >= 15 is 0 Å². The number of hydrogen-bond donors (Lipinski definition) is 4. The van der Waals surface area contributed by atoms with Crippen molar-refractivity contribution in [3.8, 4) is 0 Å². The summed E-state index contributed by atoms with van der Waals surface area (Å²) in [6.45, 7) is 0. The van der Waals surface area contributed by atoms with Gasteiger partial charge in [0.25, 0.3) is 5.91 Å². The van der Waals surface area contributed by atoms with Gasteiger partial charge < -0.3 is 21.9 Å². The molecule has 0 aliphatic heterocycles. The van der Waals surface area contributed by atoms with E-state index in [-0.39, 0.29) is 11.4 Å². The summed E-state index contributed by atoms with van der Waals surface area (Å²) in [5.74, 6) is -2.98. The predicted octanol–water partition coefficient (Wildman–Crippen LogP) is -1.28. The van der Waals surface area contributed by atoms with Crippen LogP contribution in [0.4, 0.5) is 5.69 Å². The maximum Gasteiger partial charge on any atom is 0.326 e. The van der Waals surface area contributed by atoms with Gasteiger partial charge in [-0.2, -0.15) is 0 Å². The number of anilines is 1. The molecular weight excluding hydrogens is 240 g/mol. The lowest BCUT2D eigenvalue weighted by atomic mass is 10.2. The molecule has 1 rings (SSSR count). The highest BCUT2D eigenvalue weighted by molar-refractivity contribution is 5.99. The highest BCUT2D eigenvalue weighted by atomic mass is 16.4. The van der Waals surface area contributed by atoms with Crippen molar-refractivity contribution in [1.82, 2.24) is 10.3 Å². The topological polar surface area (TPSA) is 148 Å². The number of amides is 2. The number of rotatable bonds is 5. The minimum atomic E-state index is -1.41. The van der Waals surface area contributed by atoms with Crippen LogP contribution in [0, 0.1) is 0 Å². The number of carbonyl (C=O) groups is 3. The number of aromatic nitrogens is 1. The maximum absolute atomic E-state index is 11.7. The number of nitrogens with one attached hydrogen (secondary N) is 1. The first-order valence-corrected chi connectivity index (χ1v) is 4.94. The molecule has 0 aromatic carbocycles. The molecule has 0 radical (unpaired) electrons. The Balaban J connectivity index is 2.82. The number of primary amides is 1. The Morgan fingerprint density at radius 2 is 2.11 bits per heavy atom. The van der Waals surface area contributed by atoms with Crippen molar-refractivity contribution < 1.29 is 19.5 Å². The molecule has 1 atom stereocenters. The van der Waals surface area contributed by atoms with Crippen LogP contribution in [0.2, 0.25) is 0 Å². The van der Waals surface area contributed by atoms with Crippen LogP contribution in [0.15, 0.2) is 18.3 Å². The Kier molecular flexibility index (Phi) is 4.19. The van der Waals surface area contributed by atoms with Crippen LogP contribution in [0.25, 0.3) is 0 Å². The van der Waals surface area contributed by atoms with E-state index in [0.29, 0.717) is 0 Å². The molecule has 1 aromatic rings. The first-order chi connectivity index (χ1) is 8.41. The minimum absolute atomic E-state index is 0.103. The normalized spacial score (nSPS) is 11.6. The van der Waals surface area contributed by atoms with E-state index in [9.17, 15) is 14.4 Å². The van der Waals surface area contributed by atoms with Gasteiger partial charge in [0.2, 0.25) is 5.91 Å². The number of carboxylic acid groups (broad SMARTS) is 1. The van der Waals surface area contributed by atoms with Crippen LogP contribution in [0.3, 0.4) is 0 Å². The zero-order valence-corrected chi connectivity index (χ0v) is 9.29. The second-order valence-electron chi connectivity index (χ2n) is 3.48. The quantitative estimate of drug-likeness (QED) is 0.513. The molecule has 0 fully saturated rings. The fourth-order valence-electron chi connectivity index (χ4n) is 1.24. The van der Waals surface area contributed by atoms with Gasteiger partial charge in [-0.05, 0) is 12.1 Å². The summed E-state index contributed by atoms with van der Waals surface area (Å²) in [6.07, 6.45) is 0.836. The summed E-state index contributed by atoms with van der Waals surface area (Å²) in [6, 6.07) is 1.58. The average Bonchev–Trinajstić information content (AvgIpc) is 2.27. The summed E-state index contributed by atoms with van der Waals surface area (Å²) in [4.78, 5) is 36.9. The third kappa shape index (κ3) is 3.44. The molecule has 6 N–H and O–H groups in total. The van der Waals surface area contributed by atoms with E-state index in [1.807, 2.05) is 0 Å². The Labute approximate surface area is 102 Å². The van der Waals surface area contributed by atoms with E-state index in [1.165, 1.54) is 18.3 Å². The Hall–Kier alpha value is -2.64. The van der Waals surface area contributed by atoms with Crippen molar-refractivity contribution in [2.24, 2.45) is 5.73 Å². The summed E-state index contributed by atoms with van der Waals surface area (Å²) in [7, 11) is 0. The molecule has 0 unspecified atom stereocenters. The number of carboxylic acids is 1. The molecule has 18 heavy (non-hydrogen) atoms. The Morgan fingerprint density at radius 1 is 1.44 bits per heavy atom. The molecule has 1 heterocycles. The molecular formula is C10H12N4O4. The van der Waals surface area contributed by atoms with Gasteiger partial charge in [0.15, 0.2) is 5.69 Å². The van der Waals surface area contributed by atoms with Crippen molar-refractivity contribution in [3.05, 3.63) is 24.0 Å². The second kappa shape index (κ2) is 5.62. The van der Waals surface area contributed by atoms with E-state index in [1.54, 1.807) is 0 Å². The van der Waals surface area contributed by atoms with Crippen molar-refractivity contribution in [2.75, 3.05) is 5.73 Å². The zero-order valence-electron chi connectivity index (χ0n) is 9.29. The van der Waals surface area contributed by atoms with E-state index in [0.717, 1.165) is 0 Å². The van der Waals surface area contributed by atoms with Gasteiger partial charge >= 0.3 is 5.97 Å². The third-order valence-electron chi connectivity index (χ3n) is 2.06. The van der Waals surface area contributed by atoms with Crippen molar-refractivity contribution in [1.29, 1.82) is 0 Å². The monoisotopic (exact) mass is 252 g/mol. The van der Waals surface area contributed by atoms with Gasteiger partial charge in [0.05, 0.1) is 12.1 Å². The van der Waals surface area contributed by atoms with Gasteiger partial charge in [0.1, 0.15) is 6.04 Å². The van der Waals surface area contributed by atoms with Gasteiger partial charge in [-0.1, -0.05) is 0 Å². The largest absolute Gasteiger partial charge is 0.480 e. The molecule has 0 aliphatic carbocycles. The summed E-state index contributed by atoms with van der Waals surface area (Å²) >= 11 is 0. The molecule has 1 aromatic heterocycles. The molecule has 0 saturated carbocycles. The molecule has 8 heteroatoms. The van der Waals surface area contributed by atoms with E-state index in [4.69, 9.17) is 16.6 Å². The summed E-state index contributed by atoms with van der Waals surface area (Å²) in [5.41, 5.74) is 10.4. The molecule has 0 saturated heterocycles. The zero-order chi connectivity index (χ0) is 13.7. The standard InChI is InChI=1S/C10H12N4O4/c11-5-2-1-3-13-8(5)9(16)14-6(10(17)18)4-7(12)15/h1-3,6H,4,11H2,(H2,12,15)(H,14,16)(H,17,18)/t6-/m0/s1. The maximum atomic E-state index is 11.7. The molecule has 8 nitrogen and oxygen atoms in total. The average molecular weight is 252 g/mol. The van der Waals surface area contributed by atoms with Gasteiger partial charge in [0, 0.05) is 6.20 Å². The number of carbonyl (C=O) groups excluding carboxylic acids is 2. The highest BCUT2D eigenvalue weighted by Crippen LogP contribution is 2.07. The van der Waals surface area contributed by atoms with Gasteiger partial charge in [-0.3, -0.25) is 9.59 Å². The van der Waals surface area contributed by atoms with Gasteiger partial charge in [-0.25, -0.2) is 9.78 Å². The van der Waals surface area contributed by atoms with Crippen LogP contribution in [0.5, 0.6) is 0 Å². The van der Waals surface area contributed by atoms with E-state index in [2.05, 4.69) is 10.3 Å². The molecule has 0 aliphatic rings. The number of nitrogens with zero attached hydrogens (tertiary/aromatic N) is 1. The van der Waals surface area contributed by atoms with Crippen LogP contribution < -0.4 is 16.8 Å². The van der Waals surface area contributed by atoms with Crippen molar-refractivity contribution >= 4 is 23.5 Å². The van der Waals surface area contributed by atoms with Crippen LogP contribution in [0.1, 0.15) is 16.9 Å². The first-order valence-electron chi connectivity index (χ1n) is 4.94. The lowest BCUT2D eigenvalue weighted by molar-refractivity contribution is -0.140. The van der Waals surface area contributed by atoms with Crippen LogP contribution in [-0.4, -0.2) is 33.9 Å².